The van der Waals surface area contributed by atoms with Crippen LogP contribution in [0.25, 0.3) is 0 Å². The number of carbonyl (C=O) groups excluding carboxylic acids is 2. The van der Waals surface area contributed by atoms with Gasteiger partial charge in [-0.1, -0.05) is 6.92 Å². The molecule has 1 aromatic rings. The lowest BCUT2D eigenvalue weighted by Crippen LogP contribution is -2.47. The maximum atomic E-state index is 12.8. The van der Waals surface area contributed by atoms with Crippen LogP contribution < -0.4 is 16.2 Å². The quantitative estimate of drug-likeness (QED) is 0.610. The van der Waals surface area contributed by atoms with E-state index in [4.69, 9.17) is 16.2 Å². The number of amides is 1. The molecule has 1 aliphatic rings. The van der Waals surface area contributed by atoms with Crippen LogP contribution in [0.15, 0.2) is 18.2 Å². The average molecular weight is 319 g/mol. The summed E-state index contributed by atoms with van der Waals surface area (Å²) in [6, 6.07) is 4.93. The summed E-state index contributed by atoms with van der Waals surface area (Å²) in [7, 11) is 1.55. The van der Waals surface area contributed by atoms with E-state index in [-0.39, 0.29) is 23.7 Å². The summed E-state index contributed by atoms with van der Waals surface area (Å²) in [5.74, 6) is 0.304. The summed E-state index contributed by atoms with van der Waals surface area (Å²) < 4.78 is 5.13. The van der Waals surface area contributed by atoms with Crippen LogP contribution in [0, 0.1) is 5.92 Å². The van der Waals surface area contributed by atoms with Gasteiger partial charge in [-0.3, -0.25) is 14.5 Å². The van der Waals surface area contributed by atoms with Crippen molar-refractivity contribution in [2.75, 3.05) is 25.9 Å². The van der Waals surface area contributed by atoms with Crippen molar-refractivity contribution in [3.05, 3.63) is 23.8 Å². The minimum absolute atomic E-state index is 0.0550. The van der Waals surface area contributed by atoms with Gasteiger partial charge in [0.15, 0.2) is 5.78 Å². The molecule has 1 saturated heterocycles. The first-order chi connectivity index (χ1) is 11.0. The number of Topliss-reactive ketones (excluding diaryl/α,β-unsaturated/α-hetero) is 1. The maximum Gasteiger partial charge on any atom is 0.220 e. The number of nitrogens with zero attached hydrogens (tertiary/aromatic N) is 1. The van der Waals surface area contributed by atoms with Gasteiger partial charge < -0.3 is 16.2 Å². The van der Waals surface area contributed by atoms with Gasteiger partial charge in [0.2, 0.25) is 5.91 Å². The summed E-state index contributed by atoms with van der Waals surface area (Å²) in [6.45, 7) is 3.42. The zero-order valence-electron chi connectivity index (χ0n) is 13.7. The summed E-state index contributed by atoms with van der Waals surface area (Å²) in [5, 5.41) is 0. The fourth-order valence-corrected chi connectivity index (χ4v) is 3.19. The third-order valence-electron chi connectivity index (χ3n) is 4.58. The number of methoxy groups -OCH3 is 1. The normalized spacial score (nSPS) is 17.7. The summed E-state index contributed by atoms with van der Waals surface area (Å²) in [5.41, 5.74) is 12.3. The highest BCUT2D eigenvalue weighted by molar-refractivity contribution is 6.01. The minimum atomic E-state index is -0.244. The second-order valence-electron chi connectivity index (χ2n) is 5.96. The Morgan fingerprint density at radius 2 is 2.00 bits per heavy atom. The Morgan fingerprint density at radius 1 is 1.35 bits per heavy atom. The molecule has 1 amide bonds. The zero-order chi connectivity index (χ0) is 17.0. The lowest BCUT2D eigenvalue weighted by atomic mass is 9.92. The van der Waals surface area contributed by atoms with Crippen molar-refractivity contribution in [2.45, 2.75) is 32.2 Å². The Labute approximate surface area is 136 Å². The van der Waals surface area contributed by atoms with E-state index < -0.39 is 0 Å². The first-order valence-electron chi connectivity index (χ1n) is 7.99. The minimum Gasteiger partial charge on any atom is -0.495 e. The molecule has 1 unspecified atom stereocenters. The number of piperidine rings is 1. The molecule has 1 fully saturated rings. The predicted molar refractivity (Wildman–Crippen MR) is 89.3 cm³/mol. The van der Waals surface area contributed by atoms with E-state index in [9.17, 15) is 9.59 Å². The molecule has 1 aromatic carbocycles. The Balaban J connectivity index is 2.10. The van der Waals surface area contributed by atoms with Crippen LogP contribution in [0.5, 0.6) is 5.75 Å². The molecule has 0 aromatic heterocycles. The number of rotatable bonds is 6. The first kappa shape index (κ1) is 17.3. The monoisotopic (exact) mass is 319 g/mol. The fraction of sp³-hybridized carbons (Fsp3) is 0.529. The number of anilines is 1. The second-order valence-corrected chi connectivity index (χ2v) is 5.96. The van der Waals surface area contributed by atoms with Crippen LogP contribution in [0.1, 0.15) is 36.5 Å². The number of nitrogens with two attached hydrogens (primary N) is 2. The van der Waals surface area contributed by atoms with Crippen molar-refractivity contribution in [1.82, 2.24) is 4.90 Å². The van der Waals surface area contributed by atoms with Gasteiger partial charge in [-0.15, -0.1) is 0 Å². The van der Waals surface area contributed by atoms with E-state index in [2.05, 4.69) is 4.90 Å². The molecule has 6 nitrogen and oxygen atoms in total. The number of carbonyl (C=O) groups is 2. The lowest BCUT2D eigenvalue weighted by Gasteiger charge is -2.35. The highest BCUT2D eigenvalue weighted by atomic mass is 16.5. The van der Waals surface area contributed by atoms with Gasteiger partial charge in [-0.05, 0) is 50.6 Å². The summed E-state index contributed by atoms with van der Waals surface area (Å²) in [6.07, 6.45) is 2.14. The molecular formula is C17H25N3O3. The van der Waals surface area contributed by atoms with Crippen molar-refractivity contribution in [3.8, 4) is 5.75 Å². The van der Waals surface area contributed by atoms with E-state index in [1.807, 2.05) is 6.92 Å². The van der Waals surface area contributed by atoms with Crippen LogP contribution >= 0.6 is 0 Å². The van der Waals surface area contributed by atoms with Crippen LogP contribution in [0.2, 0.25) is 0 Å². The van der Waals surface area contributed by atoms with Crippen molar-refractivity contribution in [2.24, 2.45) is 11.7 Å². The van der Waals surface area contributed by atoms with Gasteiger partial charge in [0.05, 0.1) is 18.8 Å². The Hall–Kier alpha value is -2.08. The topological polar surface area (TPSA) is 98.7 Å². The van der Waals surface area contributed by atoms with E-state index in [0.717, 1.165) is 0 Å². The molecule has 6 heteroatoms. The van der Waals surface area contributed by atoms with Gasteiger partial charge >= 0.3 is 0 Å². The van der Waals surface area contributed by atoms with Crippen LogP contribution in [-0.2, 0) is 4.79 Å². The standard InChI is InChI=1S/C17H25N3O3/c1-3-14(20-8-6-11(7-9-20)17(19)22)16(21)12-4-5-15(23-2)13(18)10-12/h4-5,10-11,14H,3,6-9,18H2,1-2H3,(H2,19,22). The SMILES string of the molecule is CCC(C(=O)c1ccc(OC)c(N)c1)N1CCC(C(N)=O)CC1. The van der Waals surface area contributed by atoms with Crippen LogP contribution in [-0.4, -0.2) is 42.8 Å². The van der Waals surface area contributed by atoms with E-state index >= 15 is 0 Å². The predicted octanol–water partition coefficient (Wildman–Crippen LogP) is 1.44. The smallest absolute Gasteiger partial charge is 0.220 e. The number of benzene rings is 1. The van der Waals surface area contributed by atoms with Crippen LogP contribution in [0.3, 0.4) is 0 Å². The highest BCUT2D eigenvalue weighted by Gasteiger charge is 2.30. The Morgan fingerprint density at radius 3 is 2.48 bits per heavy atom. The third kappa shape index (κ3) is 3.82. The molecule has 0 spiro atoms. The number of ether oxygens (including phenoxy) is 1. The Bertz CT molecular complexity index is 580. The van der Waals surface area contributed by atoms with Crippen molar-refractivity contribution < 1.29 is 14.3 Å². The lowest BCUT2D eigenvalue weighted by molar-refractivity contribution is -0.123. The Kier molecular flexibility index (Phi) is 5.60. The van der Waals surface area contributed by atoms with E-state index in [1.165, 1.54) is 0 Å². The van der Waals surface area contributed by atoms with Gasteiger partial charge in [0, 0.05) is 11.5 Å². The van der Waals surface area contributed by atoms with Gasteiger partial charge in [0.1, 0.15) is 5.75 Å². The number of nitrogen functional groups attached to an aromatic ring is 1. The molecule has 0 aliphatic carbocycles. The molecule has 1 atom stereocenters. The molecule has 4 N–H and O–H groups in total. The van der Waals surface area contributed by atoms with Gasteiger partial charge in [0.25, 0.3) is 0 Å². The average Bonchev–Trinajstić information content (AvgIpc) is 2.55. The largest absolute Gasteiger partial charge is 0.495 e. The molecule has 0 bridgehead atoms. The van der Waals surface area contributed by atoms with E-state index in [0.29, 0.717) is 49.4 Å². The van der Waals surface area contributed by atoms with Gasteiger partial charge in [-0.25, -0.2) is 0 Å². The molecule has 23 heavy (non-hydrogen) atoms. The molecule has 126 valence electrons. The maximum absolute atomic E-state index is 12.8. The van der Waals surface area contributed by atoms with Crippen molar-refractivity contribution >= 4 is 17.4 Å². The summed E-state index contributed by atoms with van der Waals surface area (Å²) >= 11 is 0. The van der Waals surface area contributed by atoms with Gasteiger partial charge in [-0.2, -0.15) is 0 Å². The molecule has 0 saturated carbocycles. The van der Waals surface area contributed by atoms with Crippen molar-refractivity contribution in [3.63, 3.8) is 0 Å². The fourth-order valence-electron chi connectivity index (χ4n) is 3.19. The number of hydrogen-bond donors (Lipinski definition) is 2. The summed E-state index contributed by atoms with van der Waals surface area (Å²) in [4.78, 5) is 26.2. The number of hydrogen-bond acceptors (Lipinski definition) is 5. The molecule has 1 heterocycles. The number of likely N-dealkylation sites (tertiary alicyclic amines) is 1. The van der Waals surface area contributed by atoms with Crippen LogP contribution in [0.4, 0.5) is 5.69 Å². The zero-order valence-corrected chi connectivity index (χ0v) is 13.7. The molecular weight excluding hydrogens is 294 g/mol. The van der Waals surface area contributed by atoms with E-state index in [1.54, 1.807) is 25.3 Å². The number of primary amides is 1. The number of ketones is 1. The molecule has 0 radical (unpaired) electrons. The van der Waals surface area contributed by atoms with Crippen molar-refractivity contribution in [1.29, 1.82) is 0 Å². The third-order valence-corrected chi connectivity index (χ3v) is 4.58. The molecule has 1 aliphatic heterocycles. The first-order valence-corrected chi connectivity index (χ1v) is 7.99. The highest BCUT2D eigenvalue weighted by Crippen LogP contribution is 2.25. The molecule has 2 rings (SSSR count). The second kappa shape index (κ2) is 7.46.